The van der Waals surface area contributed by atoms with E-state index in [-0.39, 0.29) is 11.3 Å². The van der Waals surface area contributed by atoms with Crippen molar-refractivity contribution in [1.29, 1.82) is 0 Å². The Morgan fingerprint density at radius 3 is 2.44 bits per heavy atom. The van der Waals surface area contributed by atoms with Crippen molar-refractivity contribution in [2.45, 2.75) is 78.1 Å². The summed E-state index contributed by atoms with van der Waals surface area (Å²) in [6.07, 6.45) is 14.3. The maximum absolute atomic E-state index is 10.9. The van der Waals surface area contributed by atoms with Crippen LogP contribution in [0.4, 0.5) is 0 Å². The van der Waals surface area contributed by atoms with Crippen molar-refractivity contribution in [2.75, 3.05) is 0 Å². The lowest BCUT2D eigenvalue weighted by atomic mass is 9.45. The summed E-state index contributed by atoms with van der Waals surface area (Å²) in [5.74, 6) is 2.53. The fraction of sp³-hybridized carbons (Fsp3) is 0.905. The zero-order chi connectivity index (χ0) is 19.4. The minimum absolute atomic E-state index is 0.0790. The molecule has 0 radical (unpaired) electrons. The first-order chi connectivity index (χ1) is 12.6. The summed E-state index contributed by atoms with van der Waals surface area (Å²) in [4.78, 5) is 0. The maximum atomic E-state index is 10.9. The second kappa shape index (κ2) is 6.65. The van der Waals surface area contributed by atoms with E-state index >= 15 is 0 Å². The average Bonchev–Trinajstić information content (AvgIpc) is 2.89. The predicted molar refractivity (Wildman–Crippen MR) is 103 cm³/mol. The fourth-order valence-electron chi connectivity index (χ4n) is 7.92. The Kier molecular flexibility index (Phi) is 4.82. The molecule has 0 aliphatic heterocycles. The highest BCUT2D eigenvalue weighted by molar-refractivity contribution is 7.81. The third kappa shape index (κ3) is 3.31. The molecular weight excluding hydrogens is 364 g/mol. The van der Waals surface area contributed by atoms with E-state index in [1.165, 1.54) is 51.0 Å². The van der Waals surface area contributed by atoms with Crippen LogP contribution in [-0.4, -0.2) is 18.1 Å². The number of aliphatic hydroxyl groups excluding tert-OH is 1. The molecule has 0 spiro atoms. The Bertz CT molecular complexity index is 716. The number of hydrogen-bond donors (Lipinski definition) is 2. The molecule has 0 aromatic carbocycles. The zero-order valence-electron chi connectivity index (χ0n) is 16.6. The van der Waals surface area contributed by atoms with Gasteiger partial charge in [-0.3, -0.25) is 4.55 Å². The van der Waals surface area contributed by atoms with Crippen LogP contribution < -0.4 is 0 Å². The summed E-state index contributed by atoms with van der Waals surface area (Å²) in [7, 11) is -4.67. The molecule has 27 heavy (non-hydrogen) atoms. The van der Waals surface area contributed by atoms with Crippen LogP contribution in [-0.2, 0) is 14.6 Å². The molecule has 154 valence electrons. The van der Waals surface area contributed by atoms with E-state index in [1.54, 1.807) is 0 Å². The second-order valence-electron chi connectivity index (χ2n) is 10.1. The molecule has 7 atom stereocenters. The smallest absolute Gasteiger partial charge is 0.449 e. The van der Waals surface area contributed by atoms with Crippen LogP contribution in [0.15, 0.2) is 12.0 Å². The maximum Gasteiger partial charge on any atom is 0.449 e. The van der Waals surface area contributed by atoms with E-state index in [1.807, 2.05) is 0 Å². The third-order valence-corrected chi connectivity index (χ3v) is 9.57. The van der Waals surface area contributed by atoms with E-state index in [0.717, 1.165) is 37.0 Å². The Morgan fingerprint density at radius 1 is 0.963 bits per heavy atom. The zero-order valence-corrected chi connectivity index (χ0v) is 17.4. The summed E-state index contributed by atoms with van der Waals surface area (Å²) in [5, 5.41) is 9.88. The molecule has 1 unspecified atom stereocenters. The molecule has 0 aromatic rings. The van der Waals surface area contributed by atoms with Crippen LogP contribution in [0.5, 0.6) is 0 Å². The Hall–Kier alpha value is -0.750. The van der Waals surface area contributed by atoms with E-state index < -0.39 is 16.3 Å². The molecule has 4 aliphatic carbocycles. The minimum Gasteiger partial charge on any atom is -0.480 e. The molecule has 0 heterocycles. The van der Waals surface area contributed by atoms with Gasteiger partial charge in [-0.25, -0.2) is 0 Å². The summed E-state index contributed by atoms with van der Waals surface area (Å²) in [6.45, 7) is 4.88. The molecule has 4 saturated carbocycles. The van der Waals surface area contributed by atoms with Gasteiger partial charge in [-0.05, 0) is 91.8 Å². The van der Waals surface area contributed by atoms with Gasteiger partial charge < -0.3 is 9.29 Å². The molecule has 0 aromatic heterocycles. The number of aliphatic hydroxyl groups is 1. The SMILES string of the molecule is C[C@]12CC[C@H]3[C@@H](CCC4CCCC[C@@]43C)[C@@H]1CC[C@@H]2/C=C(\O)OS(=O)(=O)O. The lowest BCUT2D eigenvalue weighted by Crippen LogP contribution is -2.52. The van der Waals surface area contributed by atoms with Gasteiger partial charge in [-0.2, -0.15) is 8.42 Å². The molecular formula is C21H34O5S. The molecule has 4 aliphatic rings. The van der Waals surface area contributed by atoms with Gasteiger partial charge in [0.25, 0.3) is 5.95 Å². The first-order valence-corrected chi connectivity index (χ1v) is 12.1. The van der Waals surface area contributed by atoms with E-state index in [4.69, 9.17) is 4.55 Å². The van der Waals surface area contributed by atoms with Crippen LogP contribution in [0, 0.1) is 40.4 Å². The molecule has 4 rings (SSSR count). The first kappa shape index (κ1) is 19.6. The molecule has 0 saturated heterocycles. The van der Waals surface area contributed by atoms with Crippen molar-refractivity contribution in [3.8, 4) is 0 Å². The van der Waals surface area contributed by atoms with Crippen LogP contribution in [0.1, 0.15) is 78.1 Å². The fourth-order valence-corrected chi connectivity index (χ4v) is 8.19. The highest BCUT2D eigenvalue weighted by atomic mass is 32.3. The molecule has 4 fully saturated rings. The Labute approximate surface area is 163 Å². The van der Waals surface area contributed by atoms with Gasteiger partial charge in [0.2, 0.25) is 0 Å². The van der Waals surface area contributed by atoms with Gasteiger partial charge in [-0.1, -0.05) is 26.7 Å². The van der Waals surface area contributed by atoms with Crippen molar-refractivity contribution in [3.63, 3.8) is 0 Å². The summed E-state index contributed by atoms with van der Waals surface area (Å²) in [5.41, 5.74) is 0.586. The summed E-state index contributed by atoms with van der Waals surface area (Å²) >= 11 is 0. The van der Waals surface area contributed by atoms with Gasteiger partial charge in [-0.15, -0.1) is 0 Å². The number of hydrogen-bond acceptors (Lipinski definition) is 4. The van der Waals surface area contributed by atoms with Gasteiger partial charge in [0.05, 0.1) is 0 Å². The molecule has 2 N–H and O–H groups in total. The summed E-state index contributed by atoms with van der Waals surface area (Å²) < 4.78 is 34.8. The van der Waals surface area contributed by atoms with Gasteiger partial charge in [0, 0.05) is 6.08 Å². The molecule has 5 nitrogen and oxygen atoms in total. The lowest BCUT2D eigenvalue weighted by Gasteiger charge is -2.60. The minimum atomic E-state index is -4.67. The van der Waals surface area contributed by atoms with Crippen LogP contribution in [0.2, 0.25) is 0 Å². The molecule has 6 heteroatoms. The lowest BCUT2D eigenvalue weighted by molar-refractivity contribution is -0.108. The van der Waals surface area contributed by atoms with Crippen LogP contribution in [0.3, 0.4) is 0 Å². The van der Waals surface area contributed by atoms with Gasteiger partial charge in [0.15, 0.2) is 0 Å². The summed E-state index contributed by atoms with van der Waals surface area (Å²) in [6, 6.07) is 0. The first-order valence-electron chi connectivity index (χ1n) is 10.7. The monoisotopic (exact) mass is 398 g/mol. The Balaban J connectivity index is 1.55. The molecule has 0 amide bonds. The van der Waals surface area contributed by atoms with E-state index in [9.17, 15) is 13.5 Å². The highest BCUT2D eigenvalue weighted by Crippen LogP contribution is 2.67. The topological polar surface area (TPSA) is 83.8 Å². The van der Waals surface area contributed by atoms with Gasteiger partial charge in [0.1, 0.15) is 0 Å². The highest BCUT2D eigenvalue weighted by Gasteiger charge is 2.59. The number of allylic oxidation sites excluding steroid dienone is 1. The Morgan fingerprint density at radius 2 is 1.70 bits per heavy atom. The third-order valence-electron chi connectivity index (χ3n) is 9.19. The van der Waals surface area contributed by atoms with Crippen molar-refractivity contribution in [3.05, 3.63) is 12.0 Å². The molecule has 0 bridgehead atoms. The van der Waals surface area contributed by atoms with Crippen LogP contribution in [0.25, 0.3) is 0 Å². The number of rotatable bonds is 3. The van der Waals surface area contributed by atoms with Crippen molar-refractivity contribution >= 4 is 10.4 Å². The van der Waals surface area contributed by atoms with E-state index in [0.29, 0.717) is 11.3 Å². The normalized spacial score (nSPS) is 47.7. The van der Waals surface area contributed by atoms with Crippen molar-refractivity contribution in [1.82, 2.24) is 0 Å². The number of fused-ring (bicyclic) bond motifs is 5. The van der Waals surface area contributed by atoms with Crippen molar-refractivity contribution < 1.29 is 22.3 Å². The standard InChI is InChI=1S/C21H34O5S/c1-20-11-4-3-5-14(20)6-8-16-17-9-7-15(13-19(22)26-27(23,24)25)21(17,2)12-10-18(16)20/h13-18,22H,3-12H2,1-2H3,(H,23,24,25)/b19-13+/t14?,15-,16+,17+,18+,20+,21-/m1/s1. The predicted octanol–water partition coefficient (Wildman–Crippen LogP) is 5.25. The quantitative estimate of drug-likeness (QED) is 0.501. The van der Waals surface area contributed by atoms with Crippen molar-refractivity contribution in [2.24, 2.45) is 40.4 Å². The average molecular weight is 399 g/mol. The van der Waals surface area contributed by atoms with E-state index in [2.05, 4.69) is 18.0 Å². The largest absolute Gasteiger partial charge is 0.480 e. The second-order valence-corrected chi connectivity index (χ2v) is 11.2. The van der Waals surface area contributed by atoms with Gasteiger partial charge >= 0.3 is 10.4 Å². The van der Waals surface area contributed by atoms with Crippen LogP contribution >= 0.6 is 0 Å².